The molecule has 1 aliphatic heterocycles. The van der Waals surface area contributed by atoms with Gasteiger partial charge < -0.3 is 4.84 Å². The monoisotopic (exact) mass is 161 g/mol. The summed E-state index contributed by atoms with van der Waals surface area (Å²) in [5.41, 5.74) is 1.12. The van der Waals surface area contributed by atoms with Gasteiger partial charge in [0.1, 0.15) is 6.10 Å². The van der Waals surface area contributed by atoms with E-state index in [2.05, 4.69) is 12.1 Å². The molecule has 1 rings (SSSR count). The van der Waals surface area contributed by atoms with E-state index >= 15 is 0 Å². The SMILES string of the molecule is CCC1=NO[C@H]([C@@H](C)Cl)C1. The fourth-order valence-electron chi connectivity index (χ4n) is 0.904. The lowest BCUT2D eigenvalue weighted by atomic mass is 10.1. The highest BCUT2D eigenvalue weighted by atomic mass is 35.5. The standard InChI is InChI=1S/C7H12ClNO/c1-3-6-4-7(5(2)8)10-9-6/h5,7H,3-4H2,1-2H3/t5-,7+/m1/s1. The quantitative estimate of drug-likeness (QED) is 0.569. The van der Waals surface area contributed by atoms with Crippen LogP contribution < -0.4 is 0 Å². The van der Waals surface area contributed by atoms with Gasteiger partial charge in [-0.25, -0.2) is 0 Å². The van der Waals surface area contributed by atoms with Crippen LogP contribution in [-0.4, -0.2) is 17.2 Å². The Hall–Kier alpha value is -0.240. The normalized spacial score (nSPS) is 27.5. The molecule has 0 saturated heterocycles. The van der Waals surface area contributed by atoms with E-state index < -0.39 is 0 Å². The minimum atomic E-state index is 0.0628. The second-order valence-corrected chi connectivity index (χ2v) is 3.23. The molecule has 3 heteroatoms. The van der Waals surface area contributed by atoms with Crippen molar-refractivity contribution in [2.24, 2.45) is 5.16 Å². The lowest BCUT2D eigenvalue weighted by Crippen LogP contribution is -2.17. The molecule has 2 nitrogen and oxygen atoms in total. The van der Waals surface area contributed by atoms with Crippen LogP contribution in [0.5, 0.6) is 0 Å². The molecule has 58 valence electrons. The molecule has 0 aromatic heterocycles. The molecule has 2 atom stereocenters. The van der Waals surface area contributed by atoms with Crippen LogP contribution in [0.1, 0.15) is 26.7 Å². The number of alkyl halides is 1. The zero-order valence-electron chi connectivity index (χ0n) is 6.30. The van der Waals surface area contributed by atoms with Gasteiger partial charge in [0.25, 0.3) is 0 Å². The van der Waals surface area contributed by atoms with E-state index in [1.54, 1.807) is 0 Å². The van der Waals surface area contributed by atoms with Crippen LogP contribution in [-0.2, 0) is 4.84 Å². The molecule has 0 N–H and O–H groups in total. The Morgan fingerprint density at radius 3 is 2.90 bits per heavy atom. The van der Waals surface area contributed by atoms with Crippen molar-refractivity contribution in [1.29, 1.82) is 0 Å². The molecule has 1 aliphatic rings. The maximum absolute atomic E-state index is 5.81. The molecule has 0 saturated carbocycles. The fraction of sp³-hybridized carbons (Fsp3) is 0.857. The summed E-state index contributed by atoms with van der Waals surface area (Å²) in [6.07, 6.45) is 1.98. The smallest absolute Gasteiger partial charge is 0.148 e. The minimum Gasteiger partial charge on any atom is -0.391 e. The molecule has 0 unspecified atom stereocenters. The van der Waals surface area contributed by atoms with Gasteiger partial charge in [0.2, 0.25) is 0 Å². The molecule has 0 bridgehead atoms. The average molecular weight is 162 g/mol. The lowest BCUT2D eigenvalue weighted by Gasteiger charge is -2.08. The highest BCUT2D eigenvalue weighted by Crippen LogP contribution is 2.18. The van der Waals surface area contributed by atoms with Crippen molar-refractivity contribution < 1.29 is 4.84 Å². The van der Waals surface area contributed by atoms with Crippen LogP contribution in [0.25, 0.3) is 0 Å². The summed E-state index contributed by atoms with van der Waals surface area (Å²) in [6.45, 7) is 4.00. The van der Waals surface area contributed by atoms with Crippen molar-refractivity contribution in [3.8, 4) is 0 Å². The first kappa shape index (κ1) is 7.86. The Balaban J connectivity index is 2.36. The Bertz CT molecular complexity index is 145. The highest BCUT2D eigenvalue weighted by Gasteiger charge is 2.23. The van der Waals surface area contributed by atoms with Gasteiger partial charge in [-0.15, -0.1) is 11.6 Å². The average Bonchev–Trinajstić information content (AvgIpc) is 2.34. The summed E-state index contributed by atoms with van der Waals surface area (Å²) < 4.78 is 0. The molecule has 0 spiro atoms. The first-order chi connectivity index (χ1) is 4.74. The number of rotatable bonds is 2. The highest BCUT2D eigenvalue weighted by molar-refractivity contribution is 6.21. The summed E-state index contributed by atoms with van der Waals surface area (Å²) in [7, 11) is 0. The van der Waals surface area contributed by atoms with Crippen molar-refractivity contribution in [3.63, 3.8) is 0 Å². The Labute approximate surface area is 66.2 Å². The molecule has 0 aromatic carbocycles. The van der Waals surface area contributed by atoms with E-state index in [0.29, 0.717) is 0 Å². The van der Waals surface area contributed by atoms with Gasteiger partial charge in [-0.2, -0.15) is 0 Å². The maximum Gasteiger partial charge on any atom is 0.148 e. The van der Waals surface area contributed by atoms with Gasteiger partial charge >= 0.3 is 0 Å². The zero-order valence-corrected chi connectivity index (χ0v) is 7.06. The first-order valence-electron chi connectivity index (χ1n) is 3.59. The zero-order chi connectivity index (χ0) is 7.56. The molecular weight excluding hydrogens is 150 g/mol. The summed E-state index contributed by atoms with van der Waals surface area (Å²) in [6, 6.07) is 0. The number of hydrogen-bond donors (Lipinski definition) is 0. The van der Waals surface area contributed by atoms with E-state index in [-0.39, 0.29) is 11.5 Å². The van der Waals surface area contributed by atoms with Crippen LogP contribution in [0.3, 0.4) is 0 Å². The van der Waals surface area contributed by atoms with Gasteiger partial charge in [-0.3, -0.25) is 0 Å². The van der Waals surface area contributed by atoms with Crippen molar-refractivity contribution in [2.45, 2.75) is 38.2 Å². The van der Waals surface area contributed by atoms with Crippen molar-refractivity contribution in [1.82, 2.24) is 0 Å². The van der Waals surface area contributed by atoms with Crippen LogP contribution in [0, 0.1) is 0 Å². The topological polar surface area (TPSA) is 21.6 Å². The molecule has 0 radical (unpaired) electrons. The van der Waals surface area contributed by atoms with Crippen LogP contribution >= 0.6 is 11.6 Å². The molecule has 0 aromatic rings. The van der Waals surface area contributed by atoms with Gasteiger partial charge in [0.05, 0.1) is 11.1 Å². The van der Waals surface area contributed by atoms with Gasteiger partial charge in [-0.1, -0.05) is 12.1 Å². The van der Waals surface area contributed by atoms with Crippen LogP contribution in [0.15, 0.2) is 5.16 Å². The Morgan fingerprint density at radius 2 is 2.60 bits per heavy atom. The summed E-state index contributed by atoms with van der Waals surface area (Å²) in [5, 5.41) is 3.95. The molecule has 10 heavy (non-hydrogen) atoms. The third-order valence-corrected chi connectivity index (χ3v) is 1.96. The number of hydrogen-bond acceptors (Lipinski definition) is 2. The minimum absolute atomic E-state index is 0.0628. The summed E-state index contributed by atoms with van der Waals surface area (Å²) >= 11 is 5.81. The third kappa shape index (κ3) is 1.63. The second kappa shape index (κ2) is 3.24. The second-order valence-electron chi connectivity index (χ2n) is 2.54. The van der Waals surface area contributed by atoms with E-state index in [9.17, 15) is 0 Å². The molecule has 0 aliphatic carbocycles. The Kier molecular flexibility index (Phi) is 2.55. The summed E-state index contributed by atoms with van der Waals surface area (Å²) in [4.78, 5) is 5.07. The largest absolute Gasteiger partial charge is 0.391 e. The number of halogens is 1. The van der Waals surface area contributed by atoms with Crippen molar-refractivity contribution >= 4 is 17.3 Å². The van der Waals surface area contributed by atoms with E-state index in [0.717, 1.165) is 18.6 Å². The Morgan fingerprint density at radius 1 is 1.90 bits per heavy atom. The van der Waals surface area contributed by atoms with Crippen LogP contribution in [0.2, 0.25) is 0 Å². The van der Waals surface area contributed by atoms with Gasteiger partial charge in [-0.05, 0) is 13.3 Å². The predicted molar refractivity (Wildman–Crippen MR) is 42.5 cm³/mol. The predicted octanol–water partition coefficient (Wildman–Crippen LogP) is 2.17. The van der Waals surface area contributed by atoms with Crippen molar-refractivity contribution in [2.75, 3.05) is 0 Å². The van der Waals surface area contributed by atoms with E-state index in [4.69, 9.17) is 16.4 Å². The summed E-state index contributed by atoms with van der Waals surface area (Å²) in [5.74, 6) is 0. The molecular formula is C7H12ClNO. The van der Waals surface area contributed by atoms with E-state index in [1.807, 2.05) is 6.92 Å². The lowest BCUT2D eigenvalue weighted by molar-refractivity contribution is 0.0854. The molecule has 1 heterocycles. The van der Waals surface area contributed by atoms with Crippen molar-refractivity contribution in [3.05, 3.63) is 0 Å². The van der Waals surface area contributed by atoms with Gasteiger partial charge in [0, 0.05) is 6.42 Å². The van der Waals surface area contributed by atoms with Gasteiger partial charge in [0.15, 0.2) is 0 Å². The molecule has 0 fully saturated rings. The van der Waals surface area contributed by atoms with Crippen LogP contribution in [0.4, 0.5) is 0 Å². The number of nitrogens with zero attached hydrogens (tertiary/aromatic N) is 1. The fourth-order valence-corrected chi connectivity index (χ4v) is 1.04. The maximum atomic E-state index is 5.81. The van der Waals surface area contributed by atoms with E-state index in [1.165, 1.54) is 0 Å². The first-order valence-corrected chi connectivity index (χ1v) is 4.03. The molecule has 0 amide bonds. The number of oxime groups is 1. The third-order valence-electron chi connectivity index (χ3n) is 1.67.